The molecule has 9 atom stereocenters. The van der Waals surface area contributed by atoms with Crippen LogP contribution in [-0.4, -0.2) is 40.8 Å². The van der Waals surface area contributed by atoms with E-state index in [1.165, 1.54) is 0 Å². The first kappa shape index (κ1) is 20.3. The number of aliphatic carboxylic acids is 1. The van der Waals surface area contributed by atoms with Crippen LogP contribution in [0, 0.1) is 40.4 Å². The fraction of sp³-hybridized carbons (Fsp3) is 0.913. The number of carboxylic acid groups (broad SMARTS) is 1. The molecule has 4 saturated carbocycles. The number of aliphatic hydroxyl groups is 1. The first-order chi connectivity index (χ1) is 13.2. The van der Waals surface area contributed by atoms with E-state index in [0.29, 0.717) is 23.7 Å². The number of hydrogen-bond donors (Lipinski definition) is 2. The molecule has 0 radical (unpaired) electrons. The Kier molecular flexibility index (Phi) is 5.15. The van der Waals surface area contributed by atoms with Gasteiger partial charge in [0, 0.05) is 5.92 Å². The molecule has 0 unspecified atom stereocenters. The summed E-state index contributed by atoms with van der Waals surface area (Å²) in [4.78, 5) is 23.7. The van der Waals surface area contributed by atoms with Gasteiger partial charge in [-0.15, -0.1) is 0 Å². The van der Waals surface area contributed by atoms with Crippen LogP contribution in [0.25, 0.3) is 0 Å². The molecule has 28 heavy (non-hydrogen) atoms. The number of carbonyl (C=O) groups excluding carboxylic acids is 1. The lowest BCUT2D eigenvalue weighted by Gasteiger charge is -2.63. The fourth-order valence-electron chi connectivity index (χ4n) is 8.33. The lowest BCUT2D eigenvalue weighted by atomic mass is 9.43. The highest BCUT2D eigenvalue weighted by molar-refractivity contribution is 5.79. The Hall–Kier alpha value is -0.940. The zero-order valence-electron chi connectivity index (χ0n) is 17.5. The highest BCUT2D eigenvalue weighted by Crippen LogP contribution is 2.67. The minimum Gasteiger partial charge on any atom is -0.480 e. The molecule has 0 aromatic rings. The Balaban J connectivity index is 1.70. The Bertz CT molecular complexity index is 647. The maximum atomic E-state index is 12.4. The molecule has 0 bridgehead atoms. The second-order valence-corrected chi connectivity index (χ2v) is 10.7. The molecule has 4 fully saturated rings. The van der Waals surface area contributed by atoms with Crippen molar-refractivity contribution < 1.29 is 24.5 Å². The maximum absolute atomic E-state index is 12.4. The largest absolute Gasteiger partial charge is 0.480 e. The van der Waals surface area contributed by atoms with Crippen LogP contribution in [-0.2, 0) is 14.3 Å². The van der Waals surface area contributed by atoms with Crippen LogP contribution in [0.3, 0.4) is 0 Å². The third-order valence-electron chi connectivity index (χ3n) is 9.46. The zero-order chi connectivity index (χ0) is 20.3. The monoisotopic (exact) mass is 392 g/mol. The number of carboxylic acids is 1. The maximum Gasteiger partial charge on any atom is 0.329 e. The van der Waals surface area contributed by atoms with Gasteiger partial charge in [-0.3, -0.25) is 4.79 Å². The van der Waals surface area contributed by atoms with Gasteiger partial charge in [-0.1, -0.05) is 13.8 Å². The van der Waals surface area contributed by atoms with E-state index < -0.39 is 5.97 Å². The van der Waals surface area contributed by atoms with Crippen molar-refractivity contribution in [3.8, 4) is 0 Å². The molecule has 0 aromatic carbocycles. The summed E-state index contributed by atoms with van der Waals surface area (Å²) in [5.41, 5.74) is 0.0223. The minimum atomic E-state index is -0.921. The van der Waals surface area contributed by atoms with E-state index in [1.54, 1.807) is 6.92 Å². The van der Waals surface area contributed by atoms with Gasteiger partial charge in [-0.25, -0.2) is 4.79 Å². The molecule has 4 aliphatic rings. The summed E-state index contributed by atoms with van der Waals surface area (Å²) in [5, 5.41) is 19.5. The summed E-state index contributed by atoms with van der Waals surface area (Å²) in [6, 6.07) is 0. The molecule has 0 spiro atoms. The number of Topliss-reactive ketones (excluding diaryl/α,β-unsaturated/α-hetero) is 1. The van der Waals surface area contributed by atoms with Crippen molar-refractivity contribution in [1.29, 1.82) is 0 Å². The topological polar surface area (TPSA) is 83.8 Å². The number of hydrogen-bond acceptors (Lipinski definition) is 4. The summed E-state index contributed by atoms with van der Waals surface area (Å²) in [6.45, 7) is 6.10. The van der Waals surface area contributed by atoms with Crippen molar-refractivity contribution in [1.82, 2.24) is 0 Å². The predicted octanol–water partition coefficient (Wildman–Crippen LogP) is 3.67. The lowest BCUT2D eigenvalue weighted by Crippen LogP contribution is -2.60. The van der Waals surface area contributed by atoms with Gasteiger partial charge in [0.05, 0.1) is 12.2 Å². The van der Waals surface area contributed by atoms with E-state index in [4.69, 9.17) is 4.74 Å². The number of ketones is 1. The van der Waals surface area contributed by atoms with Gasteiger partial charge < -0.3 is 14.9 Å². The van der Waals surface area contributed by atoms with Crippen molar-refractivity contribution >= 4 is 11.8 Å². The normalized spacial score (nSPS) is 50.4. The van der Waals surface area contributed by atoms with Crippen molar-refractivity contribution in [3.63, 3.8) is 0 Å². The molecule has 0 amide bonds. The van der Waals surface area contributed by atoms with E-state index in [0.717, 1.165) is 51.4 Å². The van der Waals surface area contributed by atoms with E-state index in [9.17, 15) is 19.8 Å². The van der Waals surface area contributed by atoms with E-state index in [2.05, 4.69) is 13.8 Å². The molecule has 158 valence electrons. The van der Waals surface area contributed by atoms with Crippen LogP contribution in [0.15, 0.2) is 0 Å². The zero-order valence-corrected chi connectivity index (χ0v) is 17.5. The summed E-state index contributed by atoms with van der Waals surface area (Å²) in [6.07, 6.45) is 7.51. The van der Waals surface area contributed by atoms with Crippen LogP contribution in [0.4, 0.5) is 0 Å². The summed E-state index contributed by atoms with van der Waals surface area (Å²) in [7, 11) is 0. The van der Waals surface area contributed by atoms with Gasteiger partial charge in [-0.05, 0) is 92.8 Å². The van der Waals surface area contributed by atoms with E-state index in [-0.39, 0.29) is 41.3 Å². The van der Waals surface area contributed by atoms with Gasteiger partial charge in [0.15, 0.2) is 0 Å². The number of carbonyl (C=O) groups is 2. The summed E-state index contributed by atoms with van der Waals surface area (Å²) in [5.74, 6) is 1.29. The molecule has 4 aliphatic carbocycles. The first-order valence-corrected chi connectivity index (χ1v) is 11.2. The number of aliphatic hydroxyl groups excluding tert-OH is 1. The molecular weight excluding hydrogens is 356 g/mol. The SMILES string of the molecule is CC(=O)[C@H]1CC[C@H]2[C@@H]3CC[C@H]4C[C@H](O)CC[C@]4(C)[C@H]3[C@H](OCC(=O)O)C[C@]12C. The van der Waals surface area contributed by atoms with Crippen molar-refractivity contribution in [2.75, 3.05) is 6.61 Å². The smallest absolute Gasteiger partial charge is 0.329 e. The highest BCUT2D eigenvalue weighted by Gasteiger charge is 2.64. The van der Waals surface area contributed by atoms with Gasteiger partial charge in [0.25, 0.3) is 0 Å². The van der Waals surface area contributed by atoms with E-state index >= 15 is 0 Å². The minimum absolute atomic E-state index is 0.0758. The Morgan fingerprint density at radius 3 is 2.50 bits per heavy atom. The number of rotatable bonds is 4. The van der Waals surface area contributed by atoms with Crippen molar-refractivity contribution in [2.24, 2.45) is 40.4 Å². The van der Waals surface area contributed by atoms with Gasteiger partial charge in [0.2, 0.25) is 0 Å². The molecule has 5 heteroatoms. The Labute approximate surface area is 168 Å². The van der Waals surface area contributed by atoms with Crippen LogP contribution in [0.2, 0.25) is 0 Å². The molecule has 0 aliphatic heterocycles. The molecule has 0 aromatic heterocycles. The third kappa shape index (κ3) is 3.04. The van der Waals surface area contributed by atoms with Crippen LogP contribution < -0.4 is 0 Å². The molecule has 2 N–H and O–H groups in total. The first-order valence-electron chi connectivity index (χ1n) is 11.2. The molecule has 0 saturated heterocycles. The second kappa shape index (κ2) is 7.09. The average molecular weight is 393 g/mol. The van der Waals surface area contributed by atoms with Gasteiger partial charge >= 0.3 is 5.97 Å². The van der Waals surface area contributed by atoms with Crippen LogP contribution in [0.5, 0.6) is 0 Å². The number of fused-ring (bicyclic) bond motifs is 5. The van der Waals surface area contributed by atoms with E-state index in [1.807, 2.05) is 0 Å². The van der Waals surface area contributed by atoms with Gasteiger partial charge in [0.1, 0.15) is 12.4 Å². The quantitative estimate of drug-likeness (QED) is 0.762. The lowest BCUT2D eigenvalue weighted by molar-refractivity contribution is -0.197. The second-order valence-electron chi connectivity index (χ2n) is 10.7. The summed E-state index contributed by atoms with van der Waals surface area (Å²) < 4.78 is 6.08. The molecule has 0 heterocycles. The van der Waals surface area contributed by atoms with Crippen molar-refractivity contribution in [3.05, 3.63) is 0 Å². The molecule has 5 nitrogen and oxygen atoms in total. The Morgan fingerprint density at radius 1 is 1.07 bits per heavy atom. The molecular formula is C23H36O5. The van der Waals surface area contributed by atoms with Crippen LogP contribution in [0.1, 0.15) is 72.1 Å². The average Bonchev–Trinajstić information content (AvgIpc) is 2.97. The van der Waals surface area contributed by atoms with Crippen molar-refractivity contribution in [2.45, 2.75) is 84.3 Å². The fourth-order valence-corrected chi connectivity index (χ4v) is 8.33. The summed E-state index contributed by atoms with van der Waals surface area (Å²) >= 11 is 0. The number of ether oxygens (including phenoxy) is 1. The van der Waals surface area contributed by atoms with Gasteiger partial charge in [-0.2, -0.15) is 0 Å². The highest BCUT2D eigenvalue weighted by atomic mass is 16.5. The standard InChI is InChI=1S/C23H36O5/c1-13(24)17-6-7-18-16-5-4-14-10-15(25)8-9-22(14,2)21(16)19(11-23(17,18)3)28-12-20(26)27/h14-19,21,25H,4-12H2,1-3H3,(H,26,27)/t14-,15+,16-,17+,18-,19+,21+,22-,23+/m0/s1. The third-order valence-corrected chi connectivity index (χ3v) is 9.46. The Morgan fingerprint density at radius 2 is 1.82 bits per heavy atom. The predicted molar refractivity (Wildman–Crippen MR) is 105 cm³/mol. The van der Waals surface area contributed by atoms with Crippen LogP contribution >= 0.6 is 0 Å². The molecule has 4 rings (SSSR count).